The number of anilines is 6. The van der Waals surface area contributed by atoms with Crippen LogP contribution in [0.2, 0.25) is 0 Å². The van der Waals surface area contributed by atoms with Crippen molar-refractivity contribution >= 4 is 77.5 Å². The number of hydrogen-bond donors (Lipinski definition) is 0. The minimum Gasteiger partial charge on any atom is -0.310 e. The molecule has 3 heteroatoms. The molecule has 0 aliphatic carbocycles. The molecule has 0 saturated heterocycles. The van der Waals surface area contributed by atoms with E-state index in [2.05, 4.69) is 263 Å². The SMILES string of the molecule is c1ccc(-c2ccc(N(c3ccc(-c4ccc5c6c(cccc46)N(c4ccccc4)c4ccccc4-5)cc3)c3ccc4c(c3)c3ccccc3n4-c3ccc4ccccc4c3)cc2)cc1. The standard InChI is InChI=1S/C62H41N3/c1-3-14-42(15-4-1)44-26-31-48(32-27-44)63(51-36-39-60-57(41-51)54-21-10-12-24-59(54)65(60)50-35-28-43-16-7-8-17-46(43)40-50)49-33-29-45(30-34-49)52-37-38-56-53-20-9-11-23-58(53)64(47-18-5-2-6-19-47)61-25-13-22-55(52)62(56)61/h1-41H. The number of fused-ring (bicyclic) bond motifs is 6. The fourth-order valence-electron chi connectivity index (χ4n) is 10.3. The van der Waals surface area contributed by atoms with Gasteiger partial charge >= 0.3 is 0 Å². The van der Waals surface area contributed by atoms with Crippen molar-refractivity contribution in [3.05, 3.63) is 249 Å². The molecule has 12 aromatic rings. The monoisotopic (exact) mass is 827 g/mol. The molecule has 1 aliphatic rings. The second-order valence-corrected chi connectivity index (χ2v) is 16.9. The van der Waals surface area contributed by atoms with Crippen LogP contribution in [0.5, 0.6) is 0 Å². The number of rotatable bonds is 7. The van der Waals surface area contributed by atoms with Crippen LogP contribution in [0.4, 0.5) is 34.1 Å². The number of benzene rings is 11. The van der Waals surface area contributed by atoms with Crippen molar-refractivity contribution < 1.29 is 0 Å². The quantitative estimate of drug-likeness (QED) is 0.159. The molecule has 0 amide bonds. The van der Waals surface area contributed by atoms with Crippen molar-refractivity contribution in [1.82, 2.24) is 4.57 Å². The average molecular weight is 828 g/mol. The lowest BCUT2D eigenvalue weighted by atomic mass is 9.87. The summed E-state index contributed by atoms with van der Waals surface area (Å²) in [6.45, 7) is 0. The normalized spacial score (nSPS) is 12.0. The predicted octanol–water partition coefficient (Wildman–Crippen LogP) is 17.3. The van der Waals surface area contributed by atoms with Crippen LogP contribution in [0.3, 0.4) is 0 Å². The van der Waals surface area contributed by atoms with Crippen LogP contribution in [-0.2, 0) is 0 Å². The second kappa shape index (κ2) is 15.0. The van der Waals surface area contributed by atoms with Crippen LogP contribution in [0.25, 0.3) is 82.4 Å². The van der Waals surface area contributed by atoms with Gasteiger partial charge in [-0.2, -0.15) is 0 Å². The van der Waals surface area contributed by atoms with Crippen LogP contribution in [0, 0.1) is 0 Å². The van der Waals surface area contributed by atoms with Gasteiger partial charge in [0.25, 0.3) is 0 Å². The Kier molecular flexibility index (Phi) is 8.53. The molecule has 2 heterocycles. The molecular formula is C62H41N3. The number of aromatic nitrogens is 1. The maximum atomic E-state index is 2.41. The minimum atomic E-state index is 1.09. The smallest absolute Gasteiger partial charge is 0.0546 e. The van der Waals surface area contributed by atoms with Crippen molar-refractivity contribution in [1.29, 1.82) is 0 Å². The first-order valence-electron chi connectivity index (χ1n) is 22.3. The van der Waals surface area contributed by atoms with Crippen LogP contribution >= 0.6 is 0 Å². The lowest BCUT2D eigenvalue weighted by Gasteiger charge is -2.34. The van der Waals surface area contributed by atoms with E-state index in [-0.39, 0.29) is 0 Å². The Hall–Kier alpha value is -8.66. The third-order valence-electron chi connectivity index (χ3n) is 13.3. The van der Waals surface area contributed by atoms with Gasteiger partial charge in [-0.15, -0.1) is 0 Å². The Balaban J connectivity index is 0.950. The Morgan fingerprint density at radius 2 is 0.892 bits per heavy atom. The van der Waals surface area contributed by atoms with Gasteiger partial charge in [0.2, 0.25) is 0 Å². The number of nitrogens with zero attached hydrogens (tertiary/aromatic N) is 3. The Bertz CT molecular complexity index is 3760. The molecule has 1 aromatic heterocycles. The zero-order chi connectivity index (χ0) is 42.8. The summed E-state index contributed by atoms with van der Waals surface area (Å²) in [6.07, 6.45) is 0. The number of hydrogen-bond acceptors (Lipinski definition) is 2. The highest BCUT2D eigenvalue weighted by molar-refractivity contribution is 6.17. The maximum absolute atomic E-state index is 2.41. The molecule has 13 rings (SSSR count). The van der Waals surface area contributed by atoms with E-state index < -0.39 is 0 Å². The van der Waals surface area contributed by atoms with E-state index in [4.69, 9.17) is 0 Å². The fourth-order valence-corrected chi connectivity index (χ4v) is 10.3. The Morgan fingerprint density at radius 3 is 1.71 bits per heavy atom. The molecule has 0 radical (unpaired) electrons. The summed E-state index contributed by atoms with van der Waals surface area (Å²) in [5, 5.41) is 7.42. The Morgan fingerprint density at radius 1 is 0.292 bits per heavy atom. The van der Waals surface area contributed by atoms with Crippen LogP contribution in [0.1, 0.15) is 0 Å². The van der Waals surface area contributed by atoms with Crippen LogP contribution < -0.4 is 9.80 Å². The fraction of sp³-hybridized carbons (Fsp3) is 0. The molecule has 0 fully saturated rings. The zero-order valence-corrected chi connectivity index (χ0v) is 35.5. The lowest BCUT2D eigenvalue weighted by Crippen LogP contribution is -2.14. The third kappa shape index (κ3) is 6.05. The topological polar surface area (TPSA) is 11.4 Å². The zero-order valence-electron chi connectivity index (χ0n) is 35.5. The lowest BCUT2D eigenvalue weighted by molar-refractivity contribution is 1.18. The summed E-state index contributed by atoms with van der Waals surface area (Å²) in [6, 6.07) is 90.7. The molecule has 0 spiro atoms. The van der Waals surface area contributed by atoms with Crippen molar-refractivity contribution in [2.75, 3.05) is 9.80 Å². The summed E-state index contributed by atoms with van der Waals surface area (Å²) in [5.74, 6) is 0. The summed E-state index contributed by atoms with van der Waals surface area (Å²) in [5.41, 5.74) is 17.6. The third-order valence-corrected chi connectivity index (χ3v) is 13.3. The summed E-state index contributed by atoms with van der Waals surface area (Å²) >= 11 is 0. The predicted molar refractivity (Wildman–Crippen MR) is 275 cm³/mol. The van der Waals surface area contributed by atoms with Crippen molar-refractivity contribution in [3.63, 3.8) is 0 Å². The maximum Gasteiger partial charge on any atom is 0.0546 e. The molecule has 304 valence electrons. The van der Waals surface area contributed by atoms with Gasteiger partial charge in [-0.1, -0.05) is 164 Å². The second-order valence-electron chi connectivity index (χ2n) is 16.9. The number of para-hydroxylation sites is 3. The molecule has 0 bridgehead atoms. The van der Waals surface area contributed by atoms with Gasteiger partial charge in [-0.25, -0.2) is 0 Å². The van der Waals surface area contributed by atoms with Crippen molar-refractivity contribution in [2.45, 2.75) is 0 Å². The van der Waals surface area contributed by atoms with Crippen molar-refractivity contribution in [2.24, 2.45) is 0 Å². The van der Waals surface area contributed by atoms with Gasteiger partial charge in [0.05, 0.1) is 22.4 Å². The molecule has 1 aliphatic heterocycles. The van der Waals surface area contributed by atoms with Gasteiger partial charge in [0.15, 0.2) is 0 Å². The van der Waals surface area contributed by atoms with E-state index in [9.17, 15) is 0 Å². The van der Waals surface area contributed by atoms with Crippen molar-refractivity contribution in [3.8, 4) is 39.1 Å². The largest absolute Gasteiger partial charge is 0.310 e. The molecule has 3 nitrogen and oxygen atoms in total. The van der Waals surface area contributed by atoms with Gasteiger partial charge in [-0.05, 0) is 129 Å². The molecule has 0 unspecified atom stereocenters. The molecule has 0 N–H and O–H groups in total. The molecule has 11 aromatic carbocycles. The van der Waals surface area contributed by atoms with E-state index in [1.807, 2.05) is 0 Å². The van der Waals surface area contributed by atoms with Gasteiger partial charge in [-0.3, -0.25) is 0 Å². The van der Waals surface area contributed by atoms with Gasteiger partial charge in [0, 0.05) is 50.2 Å². The highest BCUT2D eigenvalue weighted by Crippen LogP contribution is 2.52. The van der Waals surface area contributed by atoms with E-state index in [0.717, 1.165) is 28.4 Å². The molecule has 65 heavy (non-hydrogen) atoms. The highest BCUT2D eigenvalue weighted by Gasteiger charge is 2.27. The van der Waals surface area contributed by atoms with E-state index in [0.29, 0.717) is 0 Å². The Labute approximate surface area is 377 Å². The first-order chi connectivity index (χ1) is 32.2. The van der Waals surface area contributed by atoms with E-state index in [1.54, 1.807) is 0 Å². The van der Waals surface area contributed by atoms with E-state index >= 15 is 0 Å². The first-order valence-corrected chi connectivity index (χ1v) is 22.3. The average Bonchev–Trinajstić information content (AvgIpc) is 3.71. The van der Waals surface area contributed by atoms with Gasteiger partial charge < -0.3 is 14.4 Å². The molecule has 0 saturated carbocycles. The van der Waals surface area contributed by atoms with Crippen LogP contribution in [-0.4, -0.2) is 4.57 Å². The van der Waals surface area contributed by atoms with Gasteiger partial charge in [0.1, 0.15) is 0 Å². The summed E-state index contributed by atoms with van der Waals surface area (Å²) in [4.78, 5) is 4.81. The minimum absolute atomic E-state index is 1.09. The molecule has 0 atom stereocenters. The summed E-state index contributed by atoms with van der Waals surface area (Å²) in [7, 11) is 0. The van der Waals surface area contributed by atoms with Crippen LogP contribution in [0.15, 0.2) is 249 Å². The molecular weight excluding hydrogens is 787 g/mol. The first kappa shape index (κ1) is 36.9. The van der Waals surface area contributed by atoms with E-state index in [1.165, 1.54) is 88.1 Å². The highest BCUT2D eigenvalue weighted by atomic mass is 15.2. The summed E-state index contributed by atoms with van der Waals surface area (Å²) < 4.78 is 2.41.